The molecular weight excluding hydrogens is 332 g/mol. The van der Waals surface area contributed by atoms with Crippen LogP contribution in [-0.2, 0) is 6.42 Å². The van der Waals surface area contributed by atoms with E-state index in [9.17, 15) is 4.79 Å². The molecule has 1 aromatic heterocycles. The molecule has 0 bridgehead atoms. The molecule has 0 atom stereocenters. The molecule has 2 aromatic carbocycles. The third kappa shape index (κ3) is 4.45. The quantitative estimate of drug-likeness (QED) is 0.694. The average molecular weight is 352 g/mol. The van der Waals surface area contributed by atoms with Gasteiger partial charge in [0, 0.05) is 23.9 Å². The van der Waals surface area contributed by atoms with Crippen LogP contribution in [0.25, 0.3) is 10.6 Å². The number of amides is 1. The highest BCUT2D eigenvalue weighted by Gasteiger charge is 2.11. The first-order valence-corrected chi connectivity index (χ1v) is 9.15. The molecule has 0 aliphatic heterocycles. The molecular formula is C20H20N2O2S. The Kier molecular flexibility index (Phi) is 5.80. The zero-order chi connectivity index (χ0) is 17.5. The van der Waals surface area contributed by atoms with Crippen molar-refractivity contribution >= 4 is 17.2 Å². The van der Waals surface area contributed by atoms with Crippen LogP contribution in [0.2, 0.25) is 0 Å². The molecule has 1 heterocycles. The van der Waals surface area contributed by atoms with E-state index >= 15 is 0 Å². The van der Waals surface area contributed by atoms with E-state index in [0.29, 0.717) is 30.9 Å². The van der Waals surface area contributed by atoms with Gasteiger partial charge in [-0.1, -0.05) is 42.5 Å². The average Bonchev–Trinajstić information content (AvgIpc) is 3.12. The highest BCUT2D eigenvalue weighted by atomic mass is 32.1. The number of para-hydroxylation sites is 1. The molecule has 1 N–H and O–H groups in total. The predicted molar refractivity (Wildman–Crippen MR) is 101 cm³/mol. The molecule has 3 rings (SSSR count). The molecule has 5 heteroatoms. The number of nitrogens with zero attached hydrogens (tertiary/aromatic N) is 1. The second-order valence-corrected chi connectivity index (χ2v) is 6.30. The van der Waals surface area contributed by atoms with Gasteiger partial charge in [-0.15, -0.1) is 11.3 Å². The van der Waals surface area contributed by atoms with Gasteiger partial charge in [-0.2, -0.15) is 0 Å². The smallest absolute Gasteiger partial charge is 0.255 e. The lowest BCUT2D eigenvalue weighted by Crippen LogP contribution is -2.26. The van der Waals surface area contributed by atoms with Crippen molar-refractivity contribution < 1.29 is 9.53 Å². The van der Waals surface area contributed by atoms with Gasteiger partial charge < -0.3 is 10.1 Å². The monoisotopic (exact) mass is 352 g/mol. The van der Waals surface area contributed by atoms with Crippen molar-refractivity contribution in [2.24, 2.45) is 0 Å². The molecule has 0 radical (unpaired) electrons. The third-order valence-electron chi connectivity index (χ3n) is 3.67. The number of benzene rings is 2. The number of thiazole rings is 1. The van der Waals surface area contributed by atoms with Crippen molar-refractivity contribution in [3.63, 3.8) is 0 Å². The number of nitrogens with one attached hydrogen (secondary N) is 1. The Labute approximate surface area is 151 Å². The normalized spacial score (nSPS) is 10.4. The summed E-state index contributed by atoms with van der Waals surface area (Å²) < 4.78 is 5.50. The number of rotatable bonds is 7. The van der Waals surface area contributed by atoms with Gasteiger partial charge in [0.2, 0.25) is 0 Å². The molecule has 0 aliphatic rings. The van der Waals surface area contributed by atoms with Gasteiger partial charge in [-0.25, -0.2) is 4.98 Å². The van der Waals surface area contributed by atoms with E-state index < -0.39 is 0 Å². The molecule has 128 valence electrons. The molecule has 4 nitrogen and oxygen atoms in total. The molecule has 0 saturated carbocycles. The lowest BCUT2D eigenvalue weighted by molar-refractivity contribution is 0.0950. The maximum Gasteiger partial charge on any atom is 0.255 e. The first-order valence-electron chi connectivity index (χ1n) is 8.27. The Balaban J connectivity index is 1.57. The van der Waals surface area contributed by atoms with Crippen molar-refractivity contribution in [1.82, 2.24) is 10.3 Å². The summed E-state index contributed by atoms with van der Waals surface area (Å²) in [6, 6.07) is 17.4. The molecule has 0 spiro atoms. The third-order valence-corrected chi connectivity index (χ3v) is 4.61. The van der Waals surface area contributed by atoms with E-state index in [1.165, 1.54) is 0 Å². The fourth-order valence-electron chi connectivity index (χ4n) is 2.47. The number of ether oxygens (including phenoxy) is 1. The molecule has 0 unspecified atom stereocenters. The van der Waals surface area contributed by atoms with Crippen LogP contribution >= 0.6 is 11.3 Å². The van der Waals surface area contributed by atoms with Gasteiger partial charge >= 0.3 is 0 Å². The Bertz CT molecular complexity index is 830. The molecule has 0 fully saturated rings. The number of carbonyl (C=O) groups is 1. The predicted octanol–water partition coefficient (Wildman–Crippen LogP) is 4.18. The highest BCUT2D eigenvalue weighted by molar-refractivity contribution is 7.13. The van der Waals surface area contributed by atoms with Crippen LogP contribution in [0.4, 0.5) is 0 Å². The summed E-state index contributed by atoms with van der Waals surface area (Å²) >= 11 is 1.62. The van der Waals surface area contributed by atoms with Crippen LogP contribution in [0.1, 0.15) is 23.0 Å². The number of hydrogen-bond donors (Lipinski definition) is 1. The highest BCUT2D eigenvalue weighted by Crippen LogP contribution is 2.23. The zero-order valence-corrected chi connectivity index (χ0v) is 14.9. The van der Waals surface area contributed by atoms with Crippen LogP contribution in [0, 0.1) is 0 Å². The Morgan fingerprint density at radius 1 is 1.12 bits per heavy atom. The second-order valence-electron chi connectivity index (χ2n) is 5.45. The zero-order valence-electron chi connectivity index (χ0n) is 14.1. The first-order chi connectivity index (χ1) is 12.3. The summed E-state index contributed by atoms with van der Waals surface area (Å²) in [6.45, 7) is 2.98. The molecule has 3 aromatic rings. The number of carbonyl (C=O) groups excluding carboxylic acids is 1. The van der Waals surface area contributed by atoms with Gasteiger partial charge in [0.1, 0.15) is 10.8 Å². The summed E-state index contributed by atoms with van der Waals surface area (Å²) in [7, 11) is 0. The van der Waals surface area contributed by atoms with Crippen LogP contribution in [0.5, 0.6) is 5.75 Å². The van der Waals surface area contributed by atoms with Gasteiger partial charge in [-0.05, 0) is 19.1 Å². The Hall–Kier alpha value is -2.66. The van der Waals surface area contributed by atoms with E-state index in [0.717, 1.165) is 16.3 Å². The van der Waals surface area contributed by atoms with E-state index in [4.69, 9.17) is 4.74 Å². The summed E-state index contributed by atoms with van der Waals surface area (Å²) in [4.78, 5) is 17.0. The van der Waals surface area contributed by atoms with Gasteiger partial charge in [0.25, 0.3) is 5.91 Å². The van der Waals surface area contributed by atoms with Crippen molar-refractivity contribution in [2.75, 3.05) is 13.2 Å². The Morgan fingerprint density at radius 3 is 2.68 bits per heavy atom. The van der Waals surface area contributed by atoms with E-state index in [1.54, 1.807) is 17.4 Å². The van der Waals surface area contributed by atoms with E-state index in [1.807, 2.05) is 48.7 Å². The molecule has 1 amide bonds. The van der Waals surface area contributed by atoms with Gasteiger partial charge in [0.05, 0.1) is 17.9 Å². The fraction of sp³-hybridized carbons (Fsp3) is 0.200. The van der Waals surface area contributed by atoms with Crippen LogP contribution in [0.15, 0.2) is 60.0 Å². The summed E-state index contributed by atoms with van der Waals surface area (Å²) in [5.74, 6) is 0.491. The van der Waals surface area contributed by atoms with Crippen molar-refractivity contribution in [2.45, 2.75) is 13.3 Å². The minimum Gasteiger partial charge on any atom is -0.493 e. The maximum atomic E-state index is 12.3. The van der Waals surface area contributed by atoms with Crippen molar-refractivity contribution in [3.05, 3.63) is 71.2 Å². The molecule has 0 aliphatic carbocycles. The summed E-state index contributed by atoms with van der Waals surface area (Å²) in [5, 5.41) is 5.99. The van der Waals surface area contributed by atoms with Gasteiger partial charge in [0.15, 0.2) is 0 Å². The lowest BCUT2D eigenvalue weighted by atomic mass is 10.2. The minimum atomic E-state index is -0.123. The molecule has 0 saturated heterocycles. The fourth-order valence-corrected chi connectivity index (χ4v) is 3.33. The van der Waals surface area contributed by atoms with Crippen LogP contribution in [-0.4, -0.2) is 24.0 Å². The van der Waals surface area contributed by atoms with Gasteiger partial charge in [-0.3, -0.25) is 4.79 Å². The van der Waals surface area contributed by atoms with Crippen LogP contribution in [0.3, 0.4) is 0 Å². The number of aromatic nitrogens is 1. The first kappa shape index (κ1) is 17.2. The van der Waals surface area contributed by atoms with Crippen molar-refractivity contribution in [1.29, 1.82) is 0 Å². The summed E-state index contributed by atoms with van der Waals surface area (Å²) in [5.41, 5.74) is 2.67. The van der Waals surface area contributed by atoms with E-state index in [-0.39, 0.29) is 5.91 Å². The second kappa shape index (κ2) is 8.44. The summed E-state index contributed by atoms with van der Waals surface area (Å²) in [6.07, 6.45) is 0.700. The van der Waals surface area contributed by atoms with E-state index in [2.05, 4.69) is 22.4 Å². The standard InChI is InChI=1S/C20H20N2O2S/c1-2-24-18-11-7-6-10-17(18)19(23)21-13-12-16-14-25-20(22-16)15-8-4-3-5-9-15/h3-11,14H,2,12-13H2,1H3,(H,21,23). The molecule has 25 heavy (non-hydrogen) atoms. The van der Waals surface area contributed by atoms with Crippen molar-refractivity contribution in [3.8, 4) is 16.3 Å². The Morgan fingerprint density at radius 2 is 1.88 bits per heavy atom. The minimum absolute atomic E-state index is 0.123. The lowest BCUT2D eigenvalue weighted by Gasteiger charge is -2.10. The topological polar surface area (TPSA) is 51.2 Å². The van der Waals surface area contributed by atoms with Crippen LogP contribution < -0.4 is 10.1 Å². The number of hydrogen-bond acceptors (Lipinski definition) is 4. The largest absolute Gasteiger partial charge is 0.493 e. The SMILES string of the molecule is CCOc1ccccc1C(=O)NCCc1csc(-c2ccccc2)n1. The maximum absolute atomic E-state index is 12.3.